The van der Waals surface area contributed by atoms with Gasteiger partial charge in [0.15, 0.2) is 0 Å². The predicted octanol–water partition coefficient (Wildman–Crippen LogP) is 5.95. The van der Waals surface area contributed by atoms with E-state index in [1.165, 1.54) is 5.56 Å². The molecule has 3 nitrogen and oxygen atoms in total. The van der Waals surface area contributed by atoms with E-state index < -0.39 is 0 Å². The first-order chi connectivity index (χ1) is 13.4. The Balaban J connectivity index is 1.71. The predicted molar refractivity (Wildman–Crippen MR) is 112 cm³/mol. The van der Waals surface area contributed by atoms with Gasteiger partial charge in [0, 0.05) is 10.9 Å². The summed E-state index contributed by atoms with van der Waals surface area (Å²) < 4.78 is 0. The molecular formula is C24H17N3. The Labute approximate surface area is 157 Å². The van der Waals surface area contributed by atoms with E-state index in [2.05, 4.69) is 88.2 Å². The quantitative estimate of drug-likeness (QED) is 0.410. The summed E-state index contributed by atoms with van der Waals surface area (Å²) >= 11 is 0. The Morgan fingerprint density at radius 2 is 1.37 bits per heavy atom. The van der Waals surface area contributed by atoms with Crippen molar-refractivity contribution in [2.45, 2.75) is 0 Å². The fourth-order valence-corrected chi connectivity index (χ4v) is 3.51. The lowest BCUT2D eigenvalue weighted by molar-refractivity contribution is 0.960. The summed E-state index contributed by atoms with van der Waals surface area (Å²) in [5, 5.41) is 13.9. The summed E-state index contributed by atoms with van der Waals surface area (Å²) in [4.78, 5) is 0. The van der Waals surface area contributed by atoms with E-state index in [9.17, 15) is 0 Å². The van der Waals surface area contributed by atoms with Crippen LogP contribution in [0.25, 0.3) is 45.1 Å². The molecule has 5 aromatic rings. The van der Waals surface area contributed by atoms with Crippen LogP contribution in [-0.2, 0) is 0 Å². The molecule has 128 valence electrons. The molecule has 0 saturated heterocycles. The third-order valence-corrected chi connectivity index (χ3v) is 4.82. The molecule has 0 aliphatic carbocycles. The molecule has 0 amide bonds. The summed E-state index contributed by atoms with van der Waals surface area (Å²) in [5.41, 5.74) is 6.37. The summed E-state index contributed by atoms with van der Waals surface area (Å²) in [7, 11) is 0. The zero-order chi connectivity index (χ0) is 18.1. The van der Waals surface area contributed by atoms with Crippen LogP contribution in [0.4, 0.5) is 0 Å². The van der Waals surface area contributed by atoms with Crippen molar-refractivity contribution in [3.8, 4) is 11.1 Å². The van der Waals surface area contributed by atoms with Crippen molar-refractivity contribution in [1.29, 1.82) is 0 Å². The number of aromatic nitrogens is 3. The van der Waals surface area contributed by atoms with Gasteiger partial charge in [0.05, 0.1) is 0 Å². The topological polar surface area (TPSA) is 41.6 Å². The van der Waals surface area contributed by atoms with Crippen LogP contribution in [0.2, 0.25) is 0 Å². The Morgan fingerprint density at radius 3 is 2.30 bits per heavy atom. The molecule has 0 atom stereocenters. The lowest BCUT2D eigenvalue weighted by Gasteiger charge is -2.09. The summed E-state index contributed by atoms with van der Waals surface area (Å²) in [6.45, 7) is 0. The van der Waals surface area contributed by atoms with Crippen LogP contribution in [-0.4, -0.2) is 15.4 Å². The summed E-state index contributed by atoms with van der Waals surface area (Å²) in [5.74, 6) is 0. The van der Waals surface area contributed by atoms with E-state index in [1.54, 1.807) is 0 Å². The van der Waals surface area contributed by atoms with Gasteiger partial charge in [0.25, 0.3) is 0 Å². The van der Waals surface area contributed by atoms with Crippen molar-refractivity contribution in [3.63, 3.8) is 0 Å². The molecule has 1 heterocycles. The van der Waals surface area contributed by atoms with Crippen molar-refractivity contribution >= 4 is 34.0 Å². The highest BCUT2D eigenvalue weighted by Gasteiger charge is 2.13. The van der Waals surface area contributed by atoms with Crippen LogP contribution in [0.1, 0.15) is 11.1 Å². The molecule has 0 bridgehead atoms. The van der Waals surface area contributed by atoms with Gasteiger partial charge in [0.2, 0.25) is 0 Å². The smallest absolute Gasteiger partial charge is 0.121 e. The van der Waals surface area contributed by atoms with Crippen LogP contribution >= 0.6 is 0 Å². The second-order valence-electron chi connectivity index (χ2n) is 6.50. The minimum atomic E-state index is 0.897. The first-order valence-electron chi connectivity index (χ1n) is 8.95. The summed E-state index contributed by atoms with van der Waals surface area (Å²) in [6.07, 6.45) is 4.30. The van der Waals surface area contributed by atoms with Gasteiger partial charge in [-0.25, -0.2) is 0 Å². The molecule has 4 aromatic carbocycles. The lowest BCUT2D eigenvalue weighted by atomic mass is 9.95. The van der Waals surface area contributed by atoms with Gasteiger partial charge >= 0.3 is 0 Å². The van der Waals surface area contributed by atoms with Crippen molar-refractivity contribution in [2.24, 2.45) is 0 Å². The molecule has 0 aliphatic heterocycles. The van der Waals surface area contributed by atoms with Crippen LogP contribution in [0.3, 0.4) is 0 Å². The van der Waals surface area contributed by atoms with Gasteiger partial charge in [-0.3, -0.25) is 0 Å². The summed E-state index contributed by atoms with van der Waals surface area (Å²) in [6, 6.07) is 29.2. The molecular weight excluding hydrogens is 330 g/mol. The maximum absolute atomic E-state index is 4.44. The molecule has 0 saturated carbocycles. The molecule has 1 N–H and O–H groups in total. The van der Waals surface area contributed by atoms with Crippen molar-refractivity contribution < 1.29 is 0 Å². The fourth-order valence-electron chi connectivity index (χ4n) is 3.51. The highest BCUT2D eigenvalue weighted by molar-refractivity contribution is 6.10. The Hall–Kier alpha value is -3.72. The lowest BCUT2D eigenvalue weighted by Crippen LogP contribution is -1.87. The number of rotatable bonds is 3. The van der Waals surface area contributed by atoms with E-state index >= 15 is 0 Å². The minimum Gasteiger partial charge on any atom is -0.197 e. The molecule has 3 heteroatoms. The largest absolute Gasteiger partial charge is 0.197 e. The third kappa shape index (κ3) is 2.79. The van der Waals surface area contributed by atoms with Gasteiger partial charge in [0.1, 0.15) is 11.0 Å². The van der Waals surface area contributed by atoms with E-state index in [4.69, 9.17) is 0 Å². The van der Waals surface area contributed by atoms with Crippen LogP contribution < -0.4 is 0 Å². The molecule has 27 heavy (non-hydrogen) atoms. The Morgan fingerprint density at radius 1 is 0.630 bits per heavy atom. The first-order valence-corrected chi connectivity index (χ1v) is 8.95. The minimum absolute atomic E-state index is 0.897. The third-order valence-electron chi connectivity index (χ3n) is 4.82. The molecule has 0 unspecified atom stereocenters. The average Bonchev–Trinajstić information content (AvgIpc) is 3.23. The van der Waals surface area contributed by atoms with Gasteiger partial charge in [-0.2, -0.15) is 15.4 Å². The molecule has 0 radical (unpaired) electrons. The van der Waals surface area contributed by atoms with E-state index in [0.717, 1.165) is 38.5 Å². The normalized spacial score (nSPS) is 11.6. The Kier molecular flexibility index (Phi) is 3.76. The number of nitrogens with zero attached hydrogens (tertiary/aromatic N) is 2. The Bertz CT molecular complexity index is 1270. The first kappa shape index (κ1) is 15.5. The number of hydrogen-bond donors (Lipinski definition) is 1. The van der Waals surface area contributed by atoms with Gasteiger partial charge in [-0.15, -0.1) is 0 Å². The van der Waals surface area contributed by atoms with E-state index in [0.29, 0.717) is 0 Å². The maximum atomic E-state index is 4.44. The van der Waals surface area contributed by atoms with Crippen LogP contribution in [0, 0.1) is 0 Å². The second-order valence-corrected chi connectivity index (χ2v) is 6.50. The number of fused-ring (bicyclic) bond motifs is 3. The van der Waals surface area contributed by atoms with Crippen LogP contribution in [0.5, 0.6) is 0 Å². The monoisotopic (exact) mass is 347 g/mol. The number of H-pyrrole nitrogens is 1. The zero-order valence-electron chi connectivity index (χ0n) is 14.6. The van der Waals surface area contributed by atoms with Crippen LogP contribution in [0.15, 0.2) is 84.9 Å². The fraction of sp³-hybridized carbons (Fsp3) is 0. The zero-order valence-corrected chi connectivity index (χ0v) is 14.6. The highest BCUT2D eigenvalue weighted by atomic mass is 15.3. The van der Waals surface area contributed by atoms with Crippen molar-refractivity contribution in [1.82, 2.24) is 15.4 Å². The number of nitrogens with one attached hydrogen (secondary N) is 1. The number of hydrogen-bond acceptors (Lipinski definition) is 2. The number of aromatic amines is 1. The van der Waals surface area contributed by atoms with Gasteiger partial charge < -0.3 is 0 Å². The molecule has 5 rings (SSSR count). The van der Waals surface area contributed by atoms with Gasteiger partial charge in [-0.05, 0) is 28.1 Å². The second kappa shape index (κ2) is 6.54. The SMILES string of the molecule is C(=Cc1ccccc1-c1cc2ccccc2c2n[nH]nc12)c1ccccc1. The molecule has 0 aliphatic rings. The van der Waals surface area contributed by atoms with Crippen molar-refractivity contribution in [3.05, 3.63) is 96.1 Å². The number of benzene rings is 4. The average molecular weight is 347 g/mol. The highest BCUT2D eigenvalue weighted by Crippen LogP contribution is 2.34. The molecule has 0 spiro atoms. The standard InChI is InChI=1S/C24H17N3/c1-2-8-17(9-3-1)14-15-18-10-4-6-12-20(18)22-16-19-11-5-7-13-21(19)23-24(22)26-27-25-23/h1-16H,(H,25,26,27). The molecule has 0 fully saturated rings. The van der Waals surface area contributed by atoms with Gasteiger partial charge in [-0.1, -0.05) is 91.0 Å². The van der Waals surface area contributed by atoms with Crippen molar-refractivity contribution in [2.75, 3.05) is 0 Å². The molecule has 1 aromatic heterocycles. The van der Waals surface area contributed by atoms with E-state index in [1.807, 2.05) is 24.3 Å². The van der Waals surface area contributed by atoms with E-state index in [-0.39, 0.29) is 0 Å². The maximum Gasteiger partial charge on any atom is 0.121 e.